The minimum Gasteiger partial charge on any atom is -0.465 e. The van der Waals surface area contributed by atoms with Crippen molar-refractivity contribution in [1.82, 2.24) is 0 Å². The van der Waals surface area contributed by atoms with Gasteiger partial charge in [0.1, 0.15) is 4.88 Å². The lowest BCUT2D eigenvalue weighted by Crippen LogP contribution is -2.01. The molecular weight excluding hydrogens is 234 g/mol. The van der Waals surface area contributed by atoms with E-state index in [1.54, 1.807) is 12.4 Å². The lowest BCUT2D eigenvalue weighted by atomic mass is 10.1. The molecule has 0 aliphatic carbocycles. The van der Waals surface area contributed by atoms with Gasteiger partial charge in [-0.25, -0.2) is 4.79 Å². The number of methoxy groups -OCH3 is 1. The number of rotatable bonds is 1. The van der Waals surface area contributed by atoms with Crippen molar-refractivity contribution >= 4 is 39.7 Å². The van der Waals surface area contributed by atoms with Crippen molar-refractivity contribution in [2.45, 2.75) is 0 Å². The summed E-state index contributed by atoms with van der Waals surface area (Å²) in [4.78, 5) is 16.5. The first-order chi connectivity index (χ1) is 8.31. The minimum absolute atomic E-state index is 0.305. The summed E-state index contributed by atoms with van der Waals surface area (Å²) in [6.45, 7) is 0. The highest BCUT2D eigenvalue weighted by Crippen LogP contribution is 2.34. The van der Waals surface area contributed by atoms with Crippen LogP contribution < -0.4 is 0 Å². The van der Waals surface area contributed by atoms with Crippen molar-refractivity contribution in [3.63, 3.8) is 0 Å². The fraction of sp³-hybridized carbons (Fsp3) is 0.0769. The van der Waals surface area contributed by atoms with Gasteiger partial charge in [0.2, 0.25) is 0 Å². The highest BCUT2D eigenvalue weighted by molar-refractivity contribution is 7.21. The molecule has 0 bridgehead atoms. The van der Waals surface area contributed by atoms with Crippen LogP contribution in [0.1, 0.15) is 20.8 Å². The number of hydrogen-bond donors (Lipinski definition) is 0. The molecule has 2 aromatic rings. The van der Waals surface area contributed by atoms with E-state index in [-0.39, 0.29) is 5.97 Å². The number of aliphatic imine (C=N–C) groups is 1. The second-order valence-corrected chi connectivity index (χ2v) is 4.70. The molecule has 3 nitrogen and oxygen atoms in total. The molecular formula is C13H9NO2S. The van der Waals surface area contributed by atoms with Crippen LogP contribution in [0.2, 0.25) is 0 Å². The Morgan fingerprint density at radius 2 is 2.29 bits per heavy atom. The van der Waals surface area contributed by atoms with Gasteiger partial charge in [0.05, 0.1) is 7.11 Å². The molecule has 0 saturated carbocycles. The Labute approximate surface area is 102 Å². The van der Waals surface area contributed by atoms with Crippen molar-refractivity contribution in [1.29, 1.82) is 0 Å². The van der Waals surface area contributed by atoms with Crippen LogP contribution in [-0.2, 0) is 4.74 Å². The van der Waals surface area contributed by atoms with Gasteiger partial charge in [-0.3, -0.25) is 4.99 Å². The summed E-state index contributed by atoms with van der Waals surface area (Å²) in [7, 11) is 1.40. The monoisotopic (exact) mass is 243 g/mol. The highest BCUT2D eigenvalue weighted by atomic mass is 32.1. The maximum atomic E-state index is 11.7. The van der Waals surface area contributed by atoms with E-state index in [1.165, 1.54) is 18.4 Å². The van der Waals surface area contributed by atoms with Crippen LogP contribution >= 0.6 is 11.3 Å². The van der Waals surface area contributed by atoms with Gasteiger partial charge >= 0.3 is 5.97 Å². The molecule has 4 heteroatoms. The standard InChI is InChI=1S/C13H9NO2S/c1-16-13(15)12-9-7-14-6-5-8-3-2-4-10(17-12)11(8)9/h2-7H,1H3. The van der Waals surface area contributed by atoms with E-state index < -0.39 is 0 Å². The number of thiophene rings is 1. The van der Waals surface area contributed by atoms with E-state index in [4.69, 9.17) is 4.74 Å². The molecule has 0 amide bonds. The van der Waals surface area contributed by atoms with Gasteiger partial charge in [0, 0.05) is 28.1 Å². The molecule has 1 aliphatic heterocycles. The van der Waals surface area contributed by atoms with E-state index in [9.17, 15) is 4.79 Å². The van der Waals surface area contributed by atoms with Gasteiger partial charge in [-0.05, 0) is 17.7 Å². The van der Waals surface area contributed by atoms with Gasteiger partial charge in [0.15, 0.2) is 0 Å². The molecule has 17 heavy (non-hydrogen) atoms. The predicted octanol–water partition coefficient (Wildman–Crippen LogP) is 3.09. The zero-order valence-corrected chi connectivity index (χ0v) is 9.95. The van der Waals surface area contributed by atoms with Crippen LogP contribution in [-0.4, -0.2) is 19.3 Å². The smallest absolute Gasteiger partial charge is 0.348 e. The largest absolute Gasteiger partial charge is 0.465 e. The van der Waals surface area contributed by atoms with Gasteiger partial charge in [0.25, 0.3) is 0 Å². The van der Waals surface area contributed by atoms with Crippen molar-refractivity contribution in [2.75, 3.05) is 7.11 Å². The summed E-state index contributed by atoms with van der Waals surface area (Å²) in [5.74, 6) is -0.305. The first-order valence-electron chi connectivity index (χ1n) is 5.15. The predicted molar refractivity (Wildman–Crippen MR) is 69.8 cm³/mol. The molecule has 0 fully saturated rings. The lowest BCUT2D eigenvalue weighted by Gasteiger charge is -1.98. The Balaban J connectivity index is 2.41. The normalized spacial score (nSPS) is 12.8. The second kappa shape index (κ2) is 3.82. The molecule has 84 valence electrons. The van der Waals surface area contributed by atoms with Crippen LogP contribution in [0, 0.1) is 0 Å². The Morgan fingerprint density at radius 3 is 3.12 bits per heavy atom. The molecule has 0 atom stereocenters. The summed E-state index contributed by atoms with van der Waals surface area (Å²) in [6, 6.07) is 6.01. The Morgan fingerprint density at radius 1 is 1.41 bits per heavy atom. The number of ether oxygens (including phenoxy) is 1. The van der Waals surface area contributed by atoms with Crippen LogP contribution in [0.25, 0.3) is 16.2 Å². The first kappa shape index (κ1) is 10.2. The van der Waals surface area contributed by atoms with Gasteiger partial charge in [-0.2, -0.15) is 0 Å². The van der Waals surface area contributed by atoms with Gasteiger partial charge < -0.3 is 4.74 Å². The minimum atomic E-state index is -0.305. The zero-order chi connectivity index (χ0) is 11.8. The van der Waals surface area contributed by atoms with Crippen LogP contribution in [0.5, 0.6) is 0 Å². The summed E-state index contributed by atoms with van der Waals surface area (Å²) >= 11 is 1.44. The van der Waals surface area contributed by atoms with Gasteiger partial charge in [-0.15, -0.1) is 11.3 Å². The molecule has 1 aromatic heterocycles. The number of nitrogens with zero attached hydrogens (tertiary/aromatic N) is 1. The number of carbonyl (C=O) groups is 1. The molecule has 2 heterocycles. The zero-order valence-electron chi connectivity index (χ0n) is 9.14. The Hall–Kier alpha value is -1.94. The second-order valence-electron chi connectivity index (χ2n) is 3.65. The SMILES string of the molecule is COC(=O)c1sc2cccc3c2c1C=NC=C3. The highest BCUT2D eigenvalue weighted by Gasteiger charge is 2.19. The lowest BCUT2D eigenvalue weighted by molar-refractivity contribution is 0.0606. The summed E-state index contributed by atoms with van der Waals surface area (Å²) in [5, 5.41) is 1.08. The third-order valence-electron chi connectivity index (χ3n) is 2.70. The van der Waals surface area contributed by atoms with Crippen LogP contribution in [0.3, 0.4) is 0 Å². The summed E-state index contributed by atoms with van der Waals surface area (Å²) < 4.78 is 5.88. The third kappa shape index (κ3) is 1.49. The average Bonchev–Trinajstić information content (AvgIpc) is 2.58. The molecule has 3 rings (SSSR count). The first-order valence-corrected chi connectivity index (χ1v) is 5.96. The Bertz CT molecular complexity index is 667. The van der Waals surface area contributed by atoms with Crippen molar-refractivity contribution < 1.29 is 9.53 Å². The summed E-state index contributed by atoms with van der Waals surface area (Å²) in [5.41, 5.74) is 1.94. The topological polar surface area (TPSA) is 38.7 Å². The molecule has 1 aromatic carbocycles. The van der Waals surface area contributed by atoms with Gasteiger partial charge in [-0.1, -0.05) is 12.1 Å². The molecule has 0 saturated heterocycles. The average molecular weight is 243 g/mol. The van der Waals surface area contributed by atoms with E-state index in [0.29, 0.717) is 4.88 Å². The number of carbonyl (C=O) groups excluding carboxylic acids is 1. The third-order valence-corrected chi connectivity index (χ3v) is 3.85. The quantitative estimate of drug-likeness (QED) is 0.722. The molecule has 0 radical (unpaired) electrons. The molecule has 0 N–H and O–H groups in total. The molecule has 0 spiro atoms. The van der Waals surface area contributed by atoms with E-state index in [0.717, 1.165) is 21.2 Å². The van der Waals surface area contributed by atoms with Crippen molar-refractivity contribution in [3.05, 3.63) is 40.4 Å². The van der Waals surface area contributed by atoms with Crippen LogP contribution in [0.4, 0.5) is 0 Å². The summed E-state index contributed by atoms with van der Waals surface area (Å²) in [6.07, 6.45) is 5.40. The van der Waals surface area contributed by atoms with E-state index in [1.807, 2.05) is 24.3 Å². The Kier molecular flexibility index (Phi) is 2.30. The number of benzene rings is 1. The number of esters is 1. The van der Waals surface area contributed by atoms with E-state index >= 15 is 0 Å². The van der Waals surface area contributed by atoms with E-state index in [2.05, 4.69) is 4.99 Å². The van der Waals surface area contributed by atoms with Crippen molar-refractivity contribution in [3.8, 4) is 0 Å². The fourth-order valence-corrected chi connectivity index (χ4v) is 3.07. The molecule has 1 aliphatic rings. The maximum Gasteiger partial charge on any atom is 0.348 e. The maximum absolute atomic E-state index is 11.7. The fourth-order valence-electron chi connectivity index (χ4n) is 1.95. The van der Waals surface area contributed by atoms with Crippen LogP contribution in [0.15, 0.2) is 29.4 Å². The number of hydrogen-bond acceptors (Lipinski definition) is 4. The van der Waals surface area contributed by atoms with Crippen molar-refractivity contribution in [2.24, 2.45) is 4.99 Å². The molecule has 0 unspecified atom stereocenters.